The van der Waals surface area contributed by atoms with E-state index in [-0.39, 0.29) is 10.5 Å². The zero-order chi connectivity index (χ0) is 11.5. The van der Waals surface area contributed by atoms with Gasteiger partial charge in [-0.2, -0.15) is 4.40 Å². The molecule has 1 aliphatic heterocycles. The van der Waals surface area contributed by atoms with E-state index >= 15 is 0 Å². The zero-order valence-electron chi connectivity index (χ0n) is 9.08. The molecule has 0 saturated carbocycles. The molecule has 2 atom stereocenters. The summed E-state index contributed by atoms with van der Waals surface area (Å²) in [6.45, 7) is 3.72. The van der Waals surface area contributed by atoms with Crippen LogP contribution in [0.1, 0.15) is 13.8 Å². The lowest BCUT2D eigenvalue weighted by Crippen LogP contribution is -1.99. The summed E-state index contributed by atoms with van der Waals surface area (Å²) in [5.41, 5.74) is 0.915. The fraction of sp³-hybridized carbons (Fsp3) is 0.182. The topological polar surface area (TPSA) is 41.8 Å². The van der Waals surface area contributed by atoms with Crippen LogP contribution in [0, 0.1) is 0 Å². The van der Waals surface area contributed by atoms with E-state index < -0.39 is 11.0 Å². The molecule has 0 amide bonds. The molecule has 16 heavy (non-hydrogen) atoms. The number of hydrogen-bond acceptors (Lipinski definition) is 2. The normalized spacial score (nSPS) is 21.1. The van der Waals surface area contributed by atoms with Gasteiger partial charge in [-0.3, -0.25) is 0 Å². The van der Waals surface area contributed by atoms with Gasteiger partial charge < -0.3 is 0 Å². The minimum absolute atomic E-state index is 0.267. The Morgan fingerprint density at radius 1 is 1.38 bits per heavy atom. The second-order valence-corrected chi connectivity index (χ2v) is 6.36. The molecule has 1 aromatic carbocycles. The largest absolute Gasteiger partial charge is 0.230 e. The van der Waals surface area contributed by atoms with Gasteiger partial charge in [0.1, 0.15) is 0 Å². The molecular formula is C11H12N2OS2. The second kappa shape index (κ2) is 4.84. The minimum Gasteiger partial charge on any atom is -0.230 e. The molecule has 84 valence electrons. The Bertz CT molecular complexity index is 533. The number of benzene rings is 1. The Balaban J connectivity index is 2.50. The SMILES string of the molecule is CC=NS(=O)C1=Nc2ccccc2S1=CC. The highest BCUT2D eigenvalue weighted by Gasteiger charge is 2.22. The third-order valence-electron chi connectivity index (χ3n) is 2.09. The van der Waals surface area contributed by atoms with Crippen molar-refractivity contribution in [3.05, 3.63) is 24.3 Å². The number of aliphatic imine (C=N–C) groups is 1. The first-order chi connectivity index (χ1) is 7.77. The predicted molar refractivity (Wildman–Crippen MR) is 73.4 cm³/mol. The van der Waals surface area contributed by atoms with Crippen LogP contribution in [0.4, 0.5) is 5.69 Å². The molecule has 0 N–H and O–H groups in total. The summed E-state index contributed by atoms with van der Waals surface area (Å²) in [5.74, 6) is 0. The zero-order valence-corrected chi connectivity index (χ0v) is 10.7. The van der Waals surface area contributed by atoms with Crippen LogP contribution in [0.25, 0.3) is 0 Å². The molecule has 0 bridgehead atoms. The number of rotatable bonds is 1. The van der Waals surface area contributed by atoms with Crippen molar-refractivity contribution in [3.63, 3.8) is 0 Å². The van der Waals surface area contributed by atoms with Gasteiger partial charge in [0, 0.05) is 11.1 Å². The average Bonchev–Trinajstić information content (AvgIpc) is 2.67. The number of hydrogen-bond donors (Lipinski definition) is 0. The molecule has 0 saturated heterocycles. The lowest BCUT2D eigenvalue weighted by atomic mass is 10.3. The quantitative estimate of drug-likeness (QED) is 0.430. The van der Waals surface area contributed by atoms with Crippen LogP contribution in [0.3, 0.4) is 0 Å². The van der Waals surface area contributed by atoms with E-state index in [0.29, 0.717) is 4.38 Å². The summed E-state index contributed by atoms with van der Waals surface area (Å²) in [7, 11) is -1.62. The monoisotopic (exact) mass is 252 g/mol. The highest BCUT2D eigenvalue weighted by Crippen LogP contribution is 2.43. The Morgan fingerprint density at radius 2 is 2.12 bits per heavy atom. The van der Waals surface area contributed by atoms with Crippen molar-refractivity contribution in [2.75, 3.05) is 0 Å². The maximum Gasteiger partial charge on any atom is 0.197 e. The molecule has 0 fully saturated rings. The summed E-state index contributed by atoms with van der Waals surface area (Å²) in [4.78, 5) is 5.54. The van der Waals surface area contributed by atoms with Gasteiger partial charge in [-0.15, -0.1) is 0 Å². The van der Waals surface area contributed by atoms with Gasteiger partial charge in [0.2, 0.25) is 0 Å². The summed E-state index contributed by atoms with van der Waals surface area (Å²) in [6, 6.07) is 7.89. The third kappa shape index (κ3) is 1.92. The van der Waals surface area contributed by atoms with Crippen molar-refractivity contribution in [2.24, 2.45) is 9.39 Å². The molecule has 2 unspecified atom stereocenters. The number of para-hydroxylation sites is 1. The molecule has 0 aliphatic carbocycles. The van der Waals surface area contributed by atoms with Crippen molar-refractivity contribution in [1.82, 2.24) is 0 Å². The van der Waals surface area contributed by atoms with Gasteiger partial charge in [0.15, 0.2) is 15.4 Å². The average molecular weight is 252 g/mol. The van der Waals surface area contributed by atoms with Gasteiger partial charge in [0.05, 0.1) is 5.69 Å². The molecule has 0 aromatic heterocycles. The van der Waals surface area contributed by atoms with Crippen LogP contribution in [-0.4, -0.2) is 20.2 Å². The van der Waals surface area contributed by atoms with E-state index in [0.717, 1.165) is 10.6 Å². The summed E-state index contributed by atoms with van der Waals surface area (Å²) in [6.07, 6.45) is 1.55. The molecule has 5 heteroatoms. The van der Waals surface area contributed by atoms with Crippen LogP contribution in [0.2, 0.25) is 0 Å². The molecule has 0 spiro atoms. The molecule has 3 nitrogen and oxygen atoms in total. The third-order valence-corrected chi connectivity index (χ3v) is 5.61. The standard InChI is InChI=1S/C11H12N2OS2/c1-3-12-16(14)11-13-9-7-5-6-8-10(9)15(11)4-2/h3-8H,1-2H3. The van der Waals surface area contributed by atoms with Crippen molar-refractivity contribution >= 4 is 43.1 Å². The molecular weight excluding hydrogens is 240 g/mol. The maximum atomic E-state index is 11.9. The first-order valence-electron chi connectivity index (χ1n) is 4.88. The predicted octanol–water partition coefficient (Wildman–Crippen LogP) is 2.89. The highest BCUT2D eigenvalue weighted by molar-refractivity contribution is 8.42. The van der Waals surface area contributed by atoms with Crippen molar-refractivity contribution in [3.8, 4) is 0 Å². The summed E-state index contributed by atoms with van der Waals surface area (Å²) < 4.78 is 16.4. The Morgan fingerprint density at radius 3 is 2.81 bits per heavy atom. The Hall–Kier alpha value is -1.07. The highest BCUT2D eigenvalue weighted by atomic mass is 32.2. The fourth-order valence-electron chi connectivity index (χ4n) is 1.46. The smallest absolute Gasteiger partial charge is 0.197 e. The van der Waals surface area contributed by atoms with Gasteiger partial charge in [0.25, 0.3) is 0 Å². The van der Waals surface area contributed by atoms with Crippen molar-refractivity contribution in [2.45, 2.75) is 18.7 Å². The van der Waals surface area contributed by atoms with Gasteiger partial charge in [-0.25, -0.2) is 9.20 Å². The number of nitrogens with zero attached hydrogens (tertiary/aromatic N) is 2. The fourth-order valence-corrected chi connectivity index (χ4v) is 4.63. The first kappa shape index (κ1) is 11.4. The number of fused-ring (bicyclic) bond motifs is 1. The van der Waals surface area contributed by atoms with E-state index in [9.17, 15) is 4.21 Å². The lowest BCUT2D eigenvalue weighted by molar-refractivity contribution is 0.691. The molecule has 1 aliphatic rings. The van der Waals surface area contributed by atoms with Crippen molar-refractivity contribution < 1.29 is 4.21 Å². The van der Waals surface area contributed by atoms with E-state index in [1.807, 2.05) is 36.6 Å². The van der Waals surface area contributed by atoms with E-state index in [1.54, 1.807) is 13.1 Å². The van der Waals surface area contributed by atoms with Crippen LogP contribution >= 0.6 is 10.5 Å². The minimum atomic E-state index is -1.35. The second-order valence-electron chi connectivity index (χ2n) is 3.03. The van der Waals surface area contributed by atoms with Crippen LogP contribution in [-0.2, 0) is 11.0 Å². The van der Waals surface area contributed by atoms with E-state index in [4.69, 9.17) is 0 Å². The first-order valence-corrected chi connectivity index (χ1v) is 7.28. The molecule has 2 rings (SSSR count). The molecule has 1 heterocycles. The Labute approximate surface area is 99.8 Å². The van der Waals surface area contributed by atoms with Gasteiger partial charge in [-0.05, 0) is 26.0 Å². The van der Waals surface area contributed by atoms with Crippen LogP contribution < -0.4 is 0 Å². The Kier molecular flexibility index (Phi) is 3.46. The van der Waals surface area contributed by atoms with Gasteiger partial charge in [-0.1, -0.05) is 28.0 Å². The van der Waals surface area contributed by atoms with Crippen molar-refractivity contribution in [1.29, 1.82) is 0 Å². The van der Waals surface area contributed by atoms with Crippen LogP contribution in [0.5, 0.6) is 0 Å². The summed E-state index contributed by atoms with van der Waals surface area (Å²) in [5, 5.41) is 2.04. The molecule has 0 radical (unpaired) electrons. The van der Waals surface area contributed by atoms with Crippen LogP contribution in [0.15, 0.2) is 38.6 Å². The maximum absolute atomic E-state index is 11.9. The summed E-state index contributed by atoms with van der Waals surface area (Å²) >= 11 is 0. The molecule has 1 aromatic rings. The van der Waals surface area contributed by atoms with Gasteiger partial charge >= 0.3 is 0 Å². The van der Waals surface area contributed by atoms with E-state index in [1.165, 1.54) is 0 Å². The lowest BCUT2D eigenvalue weighted by Gasteiger charge is -2.01. The van der Waals surface area contributed by atoms with E-state index in [2.05, 4.69) is 9.39 Å².